The summed E-state index contributed by atoms with van der Waals surface area (Å²) in [6.45, 7) is 6.68. The van der Waals surface area contributed by atoms with Crippen LogP contribution in [0.1, 0.15) is 38.7 Å². The molecular weight excluding hydrogens is 256 g/mol. The number of benzene rings is 1. The minimum absolute atomic E-state index is 0.186. The Morgan fingerprint density at radius 1 is 1.37 bits per heavy atom. The van der Waals surface area contributed by atoms with Crippen LogP contribution < -0.4 is 10.6 Å². The van der Waals surface area contributed by atoms with Gasteiger partial charge in [0, 0.05) is 29.8 Å². The Balaban J connectivity index is 2.23. The molecule has 0 bridgehead atoms. The van der Waals surface area contributed by atoms with Gasteiger partial charge in [0.1, 0.15) is 0 Å². The summed E-state index contributed by atoms with van der Waals surface area (Å²) in [5.74, 6) is 0.834. The second-order valence-electron chi connectivity index (χ2n) is 5.98. The number of hydrogen-bond acceptors (Lipinski definition) is 2. The number of nitrogens with two attached hydrogens (primary N) is 1. The Bertz CT molecular complexity index is 417. The first-order chi connectivity index (χ1) is 9.06. The first-order valence-electron chi connectivity index (χ1n) is 7.35. The Labute approximate surface area is 121 Å². The second-order valence-corrected chi connectivity index (χ2v) is 6.41. The summed E-state index contributed by atoms with van der Waals surface area (Å²) >= 11 is 6.18. The third-order valence-corrected chi connectivity index (χ3v) is 4.18. The quantitative estimate of drug-likeness (QED) is 0.911. The average molecular weight is 281 g/mol. The summed E-state index contributed by atoms with van der Waals surface area (Å²) < 4.78 is 0. The minimum atomic E-state index is 0.186. The van der Waals surface area contributed by atoms with Gasteiger partial charge in [0.25, 0.3) is 0 Å². The summed E-state index contributed by atoms with van der Waals surface area (Å²) in [5, 5.41) is 0.820. The highest BCUT2D eigenvalue weighted by Crippen LogP contribution is 2.29. The highest BCUT2D eigenvalue weighted by molar-refractivity contribution is 6.30. The van der Waals surface area contributed by atoms with Gasteiger partial charge < -0.3 is 10.6 Å². The predicted molar refractivity (Wildman–Crippen MR) is 84.0 cm³/mol. The molecule has 1 heterocycles. The number of anilines is 1. The van der Waals surface area contributed by atoms with E-state index in [-0.39, 0.29) is 6.04 Å². The van der Waals surface area contributed by atoms with E-state index in [1.54, 1.807) is 0 Å². The fourth-order valence-electron chi connectivity index (χ4n) is 2.85. The molecule has 0 aromatic heterocycles. The molecular formula is C16H25ClN2. The van der Waals surface area contributed by atoms with Gasteiger partial charge in [-0.15, -0.1) is 0 Å². The molecule has 0 radical (unpaired) electrons. The van der Waals surface area contributed by atoms with E-state index in [1.807, 2.05) is 6.07 Å². The molecule has 0 saturated carbocycles. The van der Waals surface area contributed by atoms with Gasteiger partial charge in [0.05, 0.1) is 0 Å². The highest BCUT2D eigenvalue weighted by Gasteiger charge is 2.17. The van der Waals surface area contributed by atoms with Crippen molar-refractivity contribution in [3.8, 4) is 0 Å². The molecule has 2 nitrogen and oxygen atoms in total. The van der Waals surface area contributed by atoms with Gasteiger partial charge in [-0.25, -0.2) is 0 Å². The van der Waals surface area contributed by atoms with Crippen LogP contribution >= 0.6 is 11.6 Å². The Morgan fingerprint density at radius 3 is 2.89 bits per heavy atom. The zero-order chi connectivity index (χ0) is 13.8. The van der Waals surface area contributed by atoms with Crippen molar-refractivity contribution < 1.29 is 0 Å². The van der Waals surface area contributed by atoms with Crippen LogP contribution in [0, 0.1) is 5.92 Å². The smallest absolute Gasteiger partial charge is 0.0426 e. The minimum Gasteiger partial charge on any atom is -0.371 e. The second kappa shape index (κ2) is 6.62. The van der Waals surface area contributed by atoms with Crippen LogP contribution in [0.5, 0.6) is 0 Å². The first-order valence-corrected chi connectivity index (χ1v) is 7.73. The molecule has 106 valence electrons. The van der Waals surface area contributed by atoms with E-state index in [2.05, 4.69) is 30.9 Å². The van der Waals surface area contributed by atoms with Crippen LogP contribution in [0.3, 0.4) is 0 Å². The van der Waals surface area contributed by atoms with Crippen molar-refractivity contribution in [1.29, 1.82) is 0 Å². The molecule has 1 fully saturated rings. The standard InChI is InChI=1S/C16H25ClN2/c1-12-4-3-8-19(9-7-12)16-11-15(17)6-5-14(16)10-13(2)18/h5-6,11-13H,3-4,7-10,18H2,1-2H3. The van der Waals surface area contributed by atoms with E-state index in [0.717, 1.165) is 30.5 Å². The maximum absolute atomic E-state index is 6.18. The van der Waals surface area contributed by atoms with E-state index in [4.69, 9.17) is 17.3 Å². The van der Waals surface area contributed by atoms with Gasteiger partial charge in [-0.1, -0.05) is 24.6 Å². The zero-order valence-corrected chi connectivity index (χ0v) is 12.8. The average Bonchev–Trinajstić information content (AvgIpc) is 2.56. The molecule has 2 N–H and O–H groups in total. The predicted octanol–water partition coefficient (Wildman–Crippen LogP) is 3.86. The SMILES string of the molecule is CC(N)Cc1ccc(Cl)cc1N1CCCC(C)CC1. The fourth-order valence-corrected chi connectivity index (χ4v) is 3.02. The molecule has 3 heteroatoms. The van der Waals surface area contributed by atoms with Crippen LogP contribution in [-0.2, 0) is 6.42 Å². The van der Waals surface area contributed by atoms with Crippen LogP contribution in [0.4, 0.5) is 5.69 Å². The van der Waals surface area contributed by atoms with Crippen molar-refractivity contribution >= 4 is 17.3 Å². The molecule has 1 aromatic rings. The van der Waals surface area contributed by atoms with Crippen molar-refractivity contribution in [2.75, 3.05) is 18.0 Å². The summed E-state index contributed by atoms with van der Waals surface area (Å²) in [7, 11) is 0. The van der Waals surface area contributed by atoms with Crippen molar-refractivity contribution in [2.45, 2.75) is 45.6 Å². The maximum Gasteiger partial charge on any atom is 0.0426 e. The Morgan fingerprint density at radius 2 is 2.16 bits per heavy atom. The van der Waals surface area contributed by atoms with Crippen LogP contribution in [0.25, 0.3) is 0 Å². The van der Waals surface area contributed by atoms with E-state index < -0.39 is 0 Å². The molecule has 0 aliphatic carbocycles. The number of nitrogens with zero attached hydrogens (tertiary/aromatic N) is 1. The Hall–Kier alpha value is -0.730. The lowest BCUT2D eigenvalue weighted by molar-refractivity contribution is 0.521. The summed E-state index contributed by atoms with van der Waals surface area (Å²) in [4.78, 5) is 2.49. The first kappa shape index (κ1) is 14.7. The van der Waals surface area contributed by atoms with Crippen molar-refractivity contribution in [3.05, 3.63) is 28.8 Å². The number of rotatable bonds is 3. The third kappa shape index (κ3) is 4.12. The van der Waals surface area contributed by atoms with E-state index in [9.17, 15) is 0 Å². The van der Waals surface area contributed by atoms with Crippen molar-refractivity contribution in [2.24, 2.45) is 11.7 Å². The summed E-state index contributed by atoms with van der Waals surface area (Å²) in [6.07, 6.45) is 4.79. The molecule has 0 amide bonds. The van der Waals surface area contributed by atoms with Crippen molar-refractivity contribution in [3.63, 3.8) is 0 Å². The molecule has 1 aliphatic heterocycles. The topological polar surface area (TPSA) is 29.3 Å². The lowest BCUT2D eigenvalue weighted by atomic mass is 10.0. The van der Waals surface area contributed by atoms with Gasteiger partial charge in [-0.2, -0.15) is 0 Å². The maximum atomic E-state index is 6.18. The fraction of sp³-hybridized carbons (Fsp3) is 0.625. The van der Waals surface area contributed by atoms with E-state index >= 15 is 0 Å². The molecule has 2 rings (SSSR count). The van der Waals surface area contributed by atoms with Gasteiger partial charge in [0.15, 0.2) is 0 Å². The zero-order valence-electron chi connectivity index (χ0n) is 12.0. The van der Waals surface area contributed by atoms with Crippen LogP contribution in [0.15, 0.2) is 18.2 Å². The lowest BCUT2D eigenvalue weighted by Gasteiger charge is -2.26. The Kier molecular flexibility index (Phi) is 5.12. The molecule has 0 spiro atoms. The largest absolute Gasteiger partial charge is 0.371 e. The monoisotopic (exact) mass is 280 g/mol. The van der Waals surface area contributed by atoms with Gasteiger partial charge in [-0.3, -0.25) is 0 Å². The third-order valence-electron chi connectivity index (χ3n) is 3.95. The lowest BCUT2D eigenvalue weighted by Crippen LogP contribution is -2.27. The van der Waals surface area contributed by atoms with Gasteiger partial charge >= 0.3 is 0 Å². The van der Waals surface area contributed by atoms with Gasteiger partial charge in [-0.05, 0) is 56.2 Å². The molecule has 2 atom stereocenters. The van der Waals surface area contributed by atoms with E-state index in [0.29, 0.717) is 0 Å². The van der Waals surface area contributed by atoms with E-state index in [1.165, 1.54) is 30.5 Å². The normalized spacial score (nSPS) is 22.1. The van der Waals surface area contributed by atoms with Crippen molar-refractivity contribution in [1.82, 2.24) is 0 Å². The number of hydrogen-bond donors (Lipinski definition) is 1. The van der Waals surface area contributed by atoms with Gasteiger partial charge in [0.2, 0.25) is 0 Å². The highest BCUT2D eigenvalue weighted by atomic mass is 35.5. The number of halogens is 1. The van der Waals surface area contributed by atoms with Crippen LogP contribution in [-0.4, -0.2) is 19.1 Å². The van der Waals surface area contributed by atoms with Crippen LogP contribution in [0.2, 0.25) is 5.02 Å². The molecule has 1 saturated heterocycles. The summed E-state index contributed by atoms with van der Waals surface area (Å²) in [5.41, 5.74) is 8.58. The molecule has 1 aliphatic rings. The molecule has 19 heavy (non-hydrogen) atoms. The molecule has 1 aromatic carbocycles. The summed E-state index contributed by atoms with van der Waals surface area (Å²) in [6, 6.07) is 6.40. The molecule has 2 unspecified atom stereocenters.